The standard InChI is InChI=1S/C29H23F2N3O3/c1-17-6-7-21(22(30)12-17)16-37-28-5-3-4-24(33-28)19-9-8-18(23(31)13-19)15-27-32-25-11-10-20(29(35)36)14-26(25)34(27)2/h3-14H,15-16H2,1-2H3,(H,35,36). The van der Waals surface area contributed by atoms with Crippen molar-refractivity contribution in [3.05, 3.63) is 113 Å². The fraction of sp³-hybridized carbons (Fsp3) is 0.138. The van der Waals surface area contributed by atoms with E-state index in [2.05, 4.69) is 9.97 Å². The molecule has 2 heterocycles. The Morgan fingerprint density at radius 1 is 0.946 bits per heavy atom. The third kappa shape index (κ3) is 5.04. The number of pyridine rings is 1. The molecule has 2 aromatic heterocycles. The van der Waals surface area contributed by atoms with E-state index < -0.39 is 11.8 Å². The molecule has 0 aliphatic carbocycles. The zero-order chi connectivity index (χ0) is 26.1. The Morgan fingerprint density at radius 2 is 1.73 bits per heavy atom. The monoisotopic (exact) mass is 499 g/mol. The summed E-state index contributed by atoms with van der Waals surface area (Å²) >= 11 is 0. The van der Waals surface area contributed by atoms with Gasteiger partial charge in [0.1, 0.15) is 24.1 Å². The van der Waals surface area contributed by atoms with Crippen molar-refractivity contribution in [3.8, 4) is 17.1 Å². The number of fused-ring (bicyclic) bond motifs is 1. The maximum absolute atomic E-state index is 15.1. The molecule has 3 aromatic carbocycles. The summed E-state index contributed by atoms with van der Waals surface area (Å²) < 4.78 is 36.7. The second kappa shape index (κ2) is 9.81. The van der Waals surface area contributed by atoms with Crippen molar-refractivity contribution < 1.29 is 23.4 Å². The highest BCUT2D eigenvalue weighted by Crippen LogP contribution is 2.25. The third-order valence-corrected chi connectivity index (χ3v) is 6.23. The van der Waals surface area contributed by atoms with Gasteiger partial charge in [-0.25, -0.2) is 23.5 Å². The number of carboxylic acid groups (broad SMARTS) is 1. The summed E-state index contributed by atoms with van der Waals surface area (Å²) in [5, 5.41) is 9.25. The van der Waals surface area contributed by atoms with Gasteiger partial charge in [-0.3, -0.25) is 0 Å². The van der Waals surface area contributed by atoms with Gasteiger partial charge in [-0.15, -0.1) is 0 Å². The highest BCUT2D eigenvalue weighted by Gasteiger charge is 2.14. The lowest BCUT2D eigenvalue weighted by atomic mass is 10.1. The molecule has 0 radical (unpaired) electrons. The van der Waals surface area contributed by atoms with Crippen molar-refractivity contribution in [1.29, 1.82) is 0 Å². The molecule has 0 atom stereocenters. The lowest BCUT2D eigenvalue weighted by Gasteiger charge is -2.10. The highest BCUT2D eigenvalue weighted by molar-refractivity contribution is 5.92. The van der Waals surface area contributed by atoms with Gasteiger partial charge < -0.3 is 14.4 Å². The van der Waals surface area contributed by atoms with Crippen LogP contribution in [0.3, 0.4) is 0 Å². The van der Waals surface area contributed by atoms with Gasteiger partial charge in [0.05, 0.1) is 22.3 Å². The maximum Gasteiger partial charge on any atom is 0.335 e. The van der Waals surface area contributed by atoms with E-state index in [0.29, 0.717) is 45.1 Å². The number of nitrogens with zero attached hydrogens (tertiary/aromatic N) is 3. The minimum absolute atomic E-state index is 0.0296. The quantitative estimate of drug-likeness (QED) is 0.293. The number of carbonyl (C=O) groups is 1. The van der Waals surface area contributed by atoms with Crippen LogP contribution in [0.5, 0.6) is 5.88 Å². The summed E-state index contributed by atoms with van der Waals surface area (Å²) in [4.78, 5) is 20.3. The normalized spacial score (nSPS) is 11.1. The SMILES string of the molecule is Cc1ccc(COc2cccc(-c3ccc(Cc4nc5ccc(C(=O)O)cc5n4C)c(F)c3)n2)c(F)c1. The molecule has 0 fully saturated rings. The van der Waals surface area contributed by atoms with Gasteiger partial charge >= 0.3 is 5.97 Å². The number of rotatable bonds is 7. The minimum atomic E-state index is -1.02. The average Bonchev–Trinajstić information content (AvgIpc) is 3.19. The lowest BCUT2D eigenvalue weighted by molar-refractivity contribution is 0.0697. The Labute approximate surface area is 211 Å². The van der Waals surface area contributed by atoms with E-state index >= 15 is 4.39 Å². The van der Waals surface area contributed by atoms with Crippen LogP contribution >= 0.6 is 0 Å². The number of benzene rings is 3. The van der Waals surface area contributed by atoms with Crippen molar-refractivity contribution in [2.75, 3.05) is 0 Å². The van der Waals surface area contributed by atoms with Gasteiger partial charge in [0.15, 0.2) is 0 Å². The van der Waals surface area contributed by atoms with E-state index in [9.17, 15) is 14.3 Å². The summed E-state index contributed by atoms with van der Waals surface area (Å²) in [6.45, 7) is 1.85. The molecular formula is C29H23F2N3O3. The van der Waals surface area contributed by atoms with Crippen molar-refractivity contribution in [1.82, 2.24) is 14.5 Å². The van der Waals surface area contributed by atoms with Crippen LogP contribution in [0.2, 0.25) is 0 Å². The molecule has 0 spiro atoms. The van der Waals surface area contributed by atoms with Crippen LogP contribution in [0.1, 0.15) is 32.9 Å². The predicted molar refractivity (Wildman–Crippen MR) is 136 cm³/mol. The van der Waals surface area contributed by atoms with Crippen LogP contribution < -0.4 is 4.74 Å². The average molecular weight is 500 g/mol. The first-order valence-electron chi connectivity index (χ1n) is 11.6. The van der Waals surface area contributed by atoms with Crippen LogP contribution in [-0.4, -0.2) is 25.6 Å². The van der Waals surface area contributed by atoms with Crippen LogP contribution in [0, 0.1) is 18.6 Å². The topological polar surface area (TPSA) is 77.2 Å². The number of aromatic carboxylic acids is 1. The number of ether oxygens (including phenoxy) is 1. The van der Waals surface area contributed by atoms with Crippen molar-refractivity contribution in [2.24, 2.45) is 7.05 Å². The molecule has 0 saturated carbocycles. The third-order valence-electron chi connectivity index (χ3n) is 6.23. The van der Waals surface area contributed by atoms with Gasteiger partial charge in [0.25, 0.3) is 0 Å². The van der Waals surface area contributed by atoms with E-state index in [1.807, 2.05) is 13.0 Å². The summed E-state index contributed by atoms with van der Waals surface area (Å²) in [6.07, 6.45) is 0.235. The fourth-order valence-electron chi connectivity index (χ4n) is 4.13. The van der Waals surface area contributed by atoms with E-state index in [1.54, 1.807) is 60.1 Å². The molecular weight excluding hydrogens is 476 g/mol. The Hall–Kier alpha value is -4.59. The fourth-order valence-corrected chi connectivity index (χ4v) is 4.13. The van der Waals surface area contributed by atoms with E-state index in [1.165, 1.54) is 18.2 Å². The molecule has 0 aliphatic rings. The summed E-state index contributed by atoms with van der Waals surface area (Å²) in [6, 6.07) is 19.7. The van der Waals surface area contributed by atoms with Crippen LogP contribution in [0.25, 0.3) is 22.3 Å². The van der Waals surface area contributed by atoms with Crippen molar-refractivity contribution >= 4 is 17.0 Å². The summed E-state index contributed by atoms with van der Waals surface area (Å²) in [5.41, 5.74) is 4.28. The first-order valence-corrected chi connectivity index (χ1v) is 11.6. The number of halogens is 2. The molecule has 37 heavy (non-hydrogen) atoms. The van der Waals surface area contributed by atoms with Gasteiger partial charge in [-0.05, 0) is 54.4 Å². The predicted octanol–water partition coefficient (Wildman–Crippen LogP) is 6.09. The van der Waals surface area contributed by atoms with E-state index in [-0.39, 0.29) is 24.4 Å². The molecule has 6 nitrogen and oxygen atoms in total. The van der Waals surface area contributed by atoms with Crippen LogP contribution in [0.15, 0.2) is 72.8 Å². The molecule has 0 amide bonds. The highest BCUT2D eigenvalue weighted by atomic mass is 19.1. The van der Waals surface area contributed by atoms with E-state index in [4.69, 9.17) is 4.74 Å². The molecule has 5 aromatic rings. The minimum Gasteiger partial charge on any atom is -0.478 e. The van der Waals surface area contributed by atoms with Crippen LogP contribution in [0.4, 0.5) is 8.78 Å². The first-order chi connectivity index (χ1) is 17.8. The number of aromatic nitrogens is 3. The first kappa shape index (κ1) is 24.1. The number of hydrogen-bond acceptors (Lipinski definition) is 4. The number of aryl methyl sites for hydroxylation is 2. The molecule has 0 bridgehead atoms. The Kier molecular flexibility index (Phi) is 6.40. The molecule has 0 unspecified atom stereocenters. The van der Waals surface area contributed by atoms with Gasteiger partial charge in [0.2, 0.25) is 5.88 Å². The lowest BCUT2D eigenvalue weighted by Crippen LogP contribution is -2.02. The number of imidazole rings is 1. The maximum atomic E-state index is 15.1. The summed E-state index contributed by atoms with van der Waals surface area (Å²) in [7, 11) is 1.78. The second-order valence-electron chi connectivity index (χ2n) is 8.82. The Bertz CT molecular complexity index is 1650. The molecule has 8 heteroatoms. The van der Waals surface area contributed by atoms with Crippen LogP contribution in [-0.2, 0) is 20.1 Å². The van der Waals surface area contributed by atoms with Crippen molar-refractivity contribution in [3.63, 3.8) is 0 Å². The Balaban J connectivity index is 1.34. The van der Waals surface area contributed by atoms with Gasteiger partial charge in [-0.2, -0.15) is 0 Å². The molecule has 186 valence electrons. The van der Waals surface area contributed by atoms with E-state index in [0.717, 1.165) is 5.56 Å². The smallest absolute Gasteiger partial charge is 0.335 e. The molecule has 5 rings (SSSR count). The van der Waals surface area contributed by atoms with Crippen molar-refractivity contribution in [2.45, 2.75) is 20.0 Å². The zero-order valence-corrected chi connectivity index (χ0v) is 20.2. The molecule has 0 aliphatic heterocycles. The Morgan fingerprint density at radius 3 is 2.49 bits per heavy atom. The summed E-state index contributed by atoms with van der Waals surface area (Å²) in [5.74, 6) is -0.845. The van der Waals surface area contributed by atoms with Gasteiger partial charge in [0, 0.05) is 30.7 Å². The number of carboxylic acids is 1. The number of hydrogen-bond donors (Lipinski definition) is 1. The van der Waals surface area contributed by atoms with Gasteiger partial charge in [-0.1, -0.05) is 30.3 Å². The second-order valence-corrected chi connectivity index (χ2v) is 8.82. The zero-order valence-electron chi connectivity index (χ0n) is 20.2. The molecule has 1 N–H and O–H groups in total. The largest absolute Gasteiger partial charge is 0.478 e. The molecule has 0 saturated heterocycles.